The molecular formula is C12H17Zr-. The summed E-state index contributed by atoms with van der Waals surface area (Å²) in [5, 5.41) is 0. The largest absolute Gasteiger partial charge is 0.269 e. The number of hydrogen-bond donors (Lipinski definition) is 0. The maximum Gasteiger partial charge on any atom is 0 e. The molecule has 0 spiro atoms. The summed E-state index contributed by atoms with van der Waals surface area (Å²) in [5.41, 5.74) is 3.05. The van der Waals surface area contributed by atoms with E-state index in [1.165, 1.54) is 37.7 Å². The van der Waals surface area contributed by atoms with Gasteiger partial charge in [0.25, 0.3) is 0 Å². The van der Waals surface area contributed by atoms with Crippen LogP contribution in [0.5, 0.6) is 0 Å². The molecule has 0 N–H and O–H groups in total. The van der Waals surface area contributed by atoms with Crippen molar-refractivity contribution in [2.45, 2.75) is 45.4 Å². The fraction of sp³-hybridized carbons (Fsp3) is 0.667. The first kappa shape index (κ1) is 11.4. The molecule has 1 fully saturated rings. The van der Waals surface area contributed by atoms with Crippen LogP contribution in [0.25, 0.3) is 0 Å². The van der Waals surface area contributed by atoms with Gasteiger partial charge >= 0.3 is 0 Å². The Hall–Kier alpha value is 0.363. The van der Waals surface area contributed by atoms with Gasteiger partial charge in [-0.25, -0.2) is 11.1 Å². The van der Waals surface area contributed by atoms with Gasteiger partial charge in [0.1, 0.15) is 0 Å². The summed E-state index contributed by atoms with van der Waals surface area (Å²) >= 11 is 0. The third-order valence-corrected chi connectivity index (χ3v) is 3.14. The predicted octanol–water partition coefficient (Wildman–Crippen LogP) is 3.64. The van der Waals surface area contributed by atoms with Crippen LogP contribution in [0.3, 0.4) is 0 Å². The molecule has 2 aliphatic rings. The van der Waals surface area contributed by atoms with Crippen molar-refractivity contribution >= 4 is 0 Å². The van der Waals surface area contributed by atoms with Gasteiger partial charge < -0.3 is 0 Å². The van der Waals surface area contributed by atoms with Gasteiger partial charge in [0.15, 0.2) is 0 Å². The molecule has 70 valence electrons. The molecule has 2 rings (SSSR count). The fourth-order valence-electron chi connectivity index (χ4n) is 2.42. The van der Waals surface area contributed by atoms with Crippen molar-refractivity contribution in [1.29, 1.82) is 0 Å². The Morgan fingerprint density at radius 3 is 2.46 bits per heavy atom. The molecular weight excluding hydrogens is 235 g/mol. The molecule has 0 bridgehead atoms. The van der Waals surface area contributed by atoms with Crippen molar-refractivity contribution in [1.82, 2.24) is 0 Å². The van der Waals surface area contributed by atoms with Gasteiger partial charge in [-0.1, -0.05) is 19.3 Å². The molecule has 0 radical (unpaired) electrons. The minimum absolute atomic E-state index is 0. The van der Waals surface area contributed by atoms with Crippen molar-refractivity contribution in [3.05, 3.63) is 23.3 Å². The van der Waals surface area contributed by atoms with Crippen LogP contribution in [-0.2, 0) is 26.2 Å². The van der Waals surface area contributed by atoms with Gasteiger partial charge in [-0.05, 0) is 18.8 Å². The van der Waals surface area contributed by atoms with E-state index in [1.54, 1.807) is 5.57 Å². The van der Waals surface area contributed by atoms with Crippen LogP contribution < -0.4 is 0 Å². The summed E-state index contributed by atoms with van der Waals surface area (Å²) in [6, 6.07) is 0. The molecule has 2 aliphatic carbocycles. The average molecular weight is 252 g/mol. The molecule has 0 aromatic heterocycles. The second kappa shape index (κ2) is 5.30. The second-order valence-electron chi connectivity index (χ2n) is 4.02. The average Bonchev–Trinajstić information content (AvgIpc) is 2.53. The molecule has 0 amide bonds. The van der Waals surface area contributed by atoms with Gasteiger partial charge in [0.2, 0.25) is 0 Å². The summed E-state index contributed by atoms with van der Waals surface area (Å²) in [5.74, 6) is 0.859. The molecule has 0 unspecified atom stereocenters. The first-order valence-electron chi connectivity index (χ1n) is 5.16. The van der Waals surface area contributed by atoms with Gasteiger partial charge in [-0.2, -0.15) is 6.08 Å². The summed E-state index contributed by atoms with van der Waals surface area (Å²) < 4.78 is 0. The van der Waals surface area contributed by atoms with E-state index in [1.807, 2.05) is 0 Å². The quantitative estimate of drug-likeness (QED) is 0.625. The Kier molecular flexibility index (Phi) is 4.66. The maximum atomic E-state index is 3.50. The van der Waals surface area contributed by atoms with Crippen LogP contribution in [0, 0.1) is 12.0 Å². The smallest absolute Gasteiger partial charge is 0 e. The number of hydrogen-bond acceptors (Lipinski definition) is 0. The monoisotopic (exact) mass is 251 g/mol. The SMILES string of the molecule is CC1=CC[C-]=C1C1CCCCC1.[Zr]. The van der Waals surface area contributed by atoms with Crippen molar-refractivity contribution in [3.8, 4) is 0 Å². The van der Waals surface area contributed by atoms with E-state index in [2.05, 4.69) is 19.1 Å². The van der Waals surface area contributed by atoms with Crippen LogP contribution >= 0.6 is 0 Å². The van der Waals surface area contributed by atoms with Crippen LogP contribution in [0.4, 0.5) is 0 Å². The number of rotatable bonds is 1. The van der Waals surface area contributed by atoms with Crippen molar-refractivity contribution < 1.29 is 26.2 Å². The van der Waals surface area contributed by atoms with Gasteiger partial charge in [-0.3, -0.25) is 6.08 Å². The molecule has 0 nitrogen and oxygen atoms in total. The summed E-state index contributed by atoms with van der Waals surface area (Å²) in [7, 11) is 0. The molecule has 0 atom stereocenters. The maximum absolute atomic E-state index is 3.50. The van der Waals surface area contributed by atoms with E-state index in [9.17, 15) is 0 Å². The third kappa shape index (κ3) is 2.65. The predicted molar refractivity (Wildman–Crippen MR) is 51.7 cm³/mol. The van der Waals surface area contributed by atoms with E-state index in [0.717, 1.165) is 12.3 Å². The molecule has 1 heteroatoms. The Morgan fingerprint density at radius 2 is 1.92 bits per heavy atom. The minimum atomic E-state index is 0. The number of allylic oxidation sites excluding steroid dienone is 4. The molecule has 0 aromatic carbocycles. The fourth-order valence-corrected chi connectivity index (χ4v) is 2.42. The third-order valence-electron chi connectivity index (χ3n) is 3.14. The molecule has 0 aliphatic heterocycles. The normalized spacial score (nSPS) is 23.5. The second-order valence-corrected chi connectivity index (χ2v) is 4.02. The first-order valence-corrected chi connectivity index (χ1v) is 5.16. The van der Waals surface area contributed by atoms with E-state index in [-0.39, 0.29) is 26.2 Å². The summed E-state index contributed by atoms with van der Waals surface area (Å²) in [4.78, 5) is 0. The van der Waals surface area contributed by atoms with Crippen LogP contribution in [0.1, 0.15) is 45.4 Å². The van der Waals surface area contributed by atoms with E-state index in [0.29, 0.717) is 0 Å². The molecule has 0 saturated heterocycles. The van der Waals surface area contributed by atoms with Gasteiger partial charge in [0.05, 0.1) is 0 Å². The molecule has 0 heterocycles. The zero-order valence-corrected chi connectivity index (χ0v) is 10.9. The topological polar surface area (TPSA) is 0 Å². The molecule has 13 heavy (non-hydrogen) atoms. The standard InChI is InChI=1S/C12H17.Zr/c1-10-6-5-9-12(10)11-7-3-2-4-8-11;/h6,11H,2-5,7-8H2,1H3;/q-1;. The Labute approximate surface area is 101 Å². The Morgan fingerprint density at radius 1 is 1.23 bits per heavy atom. The van der Waals surface area contributed by atoms with Crippen LogP contribution in [0.15, 0.2) is 17.2 Å². The van der Waals surface area contributed by atoms with Gasteiger partial charge in [-0.15, -0.1) is 13.3 Å². The Bertz CT molecular complexity index is 219. The van der Waals surface area contributed by atoms with Crippen molar-refractivity contribution in [2.75, 3.05) is 0 Å². The van der Waals surface area contributed by atoms with E-state index < -0.39 is 0 Å². The van der Waals surface area contributed by atoms with Crippen LogP contribution in [0.2, 0.25) is 0 Å². The van der Waals surface area contributed by atoms with E-state index in [4.69, 9.17) is 0 Å². The first-order chi connectivity index (χ1) is 5.88. The molecule has 0 aromatic rings. The van der Waals surface area contributed by atoms with Crippen LogP contribution in [-0.4, -0.2) is 0 Å². The summed E-state index contributed by atoms with van der Waals surface area (Å²) in [6.45, 7) is 2.24. The van der Waals surface area contributed by atoms with Gasteiger partial charge in [0, 0.05) is 26.2 Å². The molecule has 1 saturated carbocycles. The zero-order valence-electron chi connectivity index (χ0n) is 8.40. The zero-order chi connectivity index (χ0) is 8.39. The Balaban J connectivity index is 0.000000845. The summed E-state index contributed by atoms with van der Waals surface area (Å²) in [6.07, 6.45) is 14.0. The van der Waals surface area contributed by atoms with Crippen molar-refractivity contribution in [3.63, 3.8) is 0 Å². The minimum Gasteiger partial charge on any atom is -0.269 e. The van der Waals surface area contributed by atoms with E-state index >= 15 is 0 Å². The van der Waals surface area contributed by atoms with Crippen molar-refractivity contribution in [2.24, 2.45) is 5.92 Å².